The molecule has 0 bridgehead atoms. The Morgan fingerprint density at radius 2 is 0.500 bits per heavy atom. The molecule has 0 atom stereocenters. The highest BCUT2D eigenvalue weighted by atomic mass is 15.0. The Balaban J connectivity index is 0.000000115. The van der Waals surface area contributed by atoms with Crippen LogP contribution in [-0.4, -0.2) is 59.8 Å². The van der Waals surface area contributed by atoms with Gasteiger partial charge in [-0.2, -0.15) is 0 Å². The fourth-order valence-electron chi connectivity index (χ4n) is 16.5. The van der Waals surface area contributed by atoms with Gasteiger partial charge in [-0.25, -0.2) is 34.9 Å². The first-order valence-electron chi connectivity index (χ1n) is 41.2. The number of rotatable bonds is 13. The maximum atomic E-state index is 5.21. The summed E-state index contributed by atoms with van der Waals surface area (Å²) in [6.45, 7) is 0. The van der Waals surface area contributed by atoms with Crippen LogP contribution in [0.1, 0.15) is 0 Å². The molecule has 0 N–H and O–H groups in total. The summed E-state index contributed by atoms with van der Waals surface area (Å²) >= 11 is 0. The second kappa shape index (κ2) is 33.4. The van der Waals surface area contributed by atoms with Gasteiger partial charge in [-0.3, -0.25) is 24.9 Å². The van der Waals surface area contributed by atoms with Crippen LogP contribution in [0.5, 0.6) is 0 Å². The maximum Gasteiger partial charge on any atom is 0.164 e. The molecule has 0 radical (unpaired) electrons. The normalized spacial score (nSPS) is 11.2. The molecule has 10 heterocycles. The predicted molar refractivity (Wildman–Crippen MR) is 506 cm³/mol. The van der Waals surface area contributed by atoms with Crippen molar-refractivity contribution in [2.24, 2.45) is 0 Å². The number of aromatic nitrogens is 12. The van der Waals surface area contributed by atoms with Crippen LogP contribution in [0.3, 0.4) is 0 Å². The lowest BCUT2D eigenvalue weighted by atomic mass is 9.94. The fourth-order valence-corrected chi connectivity index (χ4v) is 16.5. The SMILES string of the molecule is c1ccc(-c2cc(-c3cccc(-c4cc(-c5ccccn5)nc(-c5ccccn5)c4)c3)nc3ccc4ccccc4c23)cc1.c1ccc(-c2cc(-c3cccc(-c4cnc5ccccc5c4)c3)nc3ccc4ccccc4c23)cc1.c1ccc(-c2cc(-c3cccc(-c4nc(-c5ccncc5)nc(-c5ccncc5)n4)c3)nc3ccc4ccccc4c23)cc1. The summed E-state index contributed by atoms with van der Waals surface area (Å²) in [7, 11) is 0. The van der Waals surface area contributed by atoms with Gasteiger partial charge in [0.05, 0.1) is 61.9 Å². The highest BCUT2D eigenvalue weighted by molar-refractivity contribution is 6.16. The van der Waals surface area contributed by atoms with Gasteiger partial charge in [0, 0.05) is 104 Å². The molecule has 0 amide bonds. The van der Waals surface area contributed by atoms with E-state index in [9.17, 15) is 0 Å². The Morgan fingerprint density at radius 1 is 0.153 bits per heavy atom. The maximum absolute atomic E-state index is 5.21. The molecule has 23 aromatic rings. The van der Waals surface area contributed by atoms with Crippen molar-refractivity contribution in [3.63, 3.8) is 0 Å². The molecule has 580 valence electrons. The molecule has 0 unspecified atom stereocenters. The predicted octanol–water partition coefficient (Wildman–Crippen LogP) is 27.5. The number of hydrogen-bond acceptors (Lipinski definition) is 12. The van der Waals surface area contributed by atoms with Crippen LogP contribution >= 0.6 is 0 Å². The zero-order valence-electron chi connectivity index (χ0n) is 66.9. The Bertz CT molecular complexity index is 7460. The molecule has 23 rings (SSSR count). The van der Waals surface area contributed by atoms with Crippen LogP contribution in [0.4, 0.5) is 0 Å². The van der Waals surface area contributed by atoms with Crippen molar-refractivity contribution in [1.82, 2.24) is 59.8 Å². The van der Waals surface area contributed by atoms with E-state index >= 15 is 0 Å². The second-order valence-corrected chi connectivity index (χ2v) is 30.3. The smallest absolute Gasteiger partial charge is 0.164 e. The minimum absolute atomic E-state index is 0.579. The molecule has 12 heteroatoms. The van der Waals surface area contributed by atoms with Crippen LogP contribution in [0, 0.1) is 0 Å². The monoisotopic (exact) mass is 1580 g/mol. The summed E-state index contributed by atoms with van der Waals surface area (Å²) in [5.41, 5.74) is 27.0. The highest BCUT2D eigenvalue weighted by Crippen LogP contribution is 2.43. The van der Waals surface area contributed by atoms with Crippen LogP contribution in [0.2, 0.25) is 0 Å². The van der Waals surface area contributed by atoms with E-state index in [1.54, 1.807) is 37.2 Å². The third-order valence-electron chi connectivity index (χ3n) is 22.5. The average molecular weight is 1590 g/mol. The van der Waals surface area contributed by atoms with Crippen LogP contribution < -0.4 is 0 Å². The van der Waals surface area contributed by atoms with Gasteiger partial charge in [-0.1, -0.05) is 267 Å². The van der Waals surface area contributed by atoms with Gasteiger partial charge < -0.3 is 0 Å². The minimum Gasteiger partial charge on any atom is -0.265 e. The van der Waals surface area contributed by atoms with Gasteiger partial charge in [-0.15, -0.1) is 0 Å². The number of fused-ring (bicyclic) bond motifs is 10. The molecule has 124 heavy (non-hydrogen) atoms. The fraction of sp³-hybridized carbons (Fsp3) is 0. The number of benzene rings is 13. The van der Waals surface area contributed by atoms with E-state index in [0.717, 1.165) is 139 Å². The summed E-state index contributed by atoms with van der Waals surface area (Å²) in [5, 5.41) is 11.9. The molecule has 13 aromatic carbocycles. The lowest BCUT2D eigenvalue weighted by Crippen LogP contribution is -2.00. The van der Waals surface area contributed by atoms with Gasteiger partial charge in [0.2, 0.25) is 0 Å². The molecule has 0 aliphatic carbocycles. The van der Waals surface area contributed by atoms with Crippen molar-refractivity contribution in [1.29, 1.82) is 0 Å². The van der Waals surface area contributed by atoms with Crippen molar-refractivity contribution in [2.75, 3.05) is 0 Å². The zero-order valence-corrected chi connectivity index (χ0v) is 66.9. The first-order valence-corrected chi connectivity index (χ1v) is 41.2. The Morgan fingerprint density at radius 3 is 0.919 bits per heavy atom. The van der Waals surface area contributed by atoms with Gasteiger partial charge in [0.1, 0.15) is 0 Å². The largest absolute Gasteiger partial charge is 0.265 e. The molecule has 0 saturated carbocycles. The minimum atomic E-state index is 0.579. The summed E-state index contributed by atoms with van der Waals surface area (Å²) in [5.74, 6) is 1.74. The van der Waals surface area contributed by atoms with Gasteiger partial charge in [0.25, 0.3) is 0 Å². The molecule has 0 fully saturated rings. The third kappa shape index (κ3) is 15.3. The van der Waals surface area contributed by atoms with E-state index in [0.29, 0.717) is 17.5 Å². The molecule has 0 saturated heterocycles. The van der Waals surface area contributed by atoms with E-state index in [1.165, 1.54) is 65.3 Å². The van der Waals surface area contributed by atoms with Crippen molar-refractivity contribution in [3.8, 4) is 146 Å². The summed E-state index contributed by atoms with van der Waals surface area (Å²) in [6, 6.07) is 136. The van der Waals surface area contributed by atoms with E-state index < -0.39 is 0 Å². The topological polar surface area (TPSA) is 155 Å². The standard InChI is InChI=1S/C40H26N4.C38H24N6.C34H22N2/c1-2-11-27(12-3-1)33-26-37(43-36-20-19-28-13-4-5-16-32(28)40(33)36)30-15-10-14-29(23-30)31-24-38(34-17-6-8-21-41-34)44-39(25-31)35-18-7-9-22-42-35;1-2-7-25(8-3-1)32-24-34(41-33-14-13-26-9-4-5-12-31(26)35(32)33)29-10-6-11-30(23-29)38-43-36(27-15-19-39-20-16-27)42-37(44-38)28-17-21-40-22-18-28;1-2-9-23(10-3-1)30-21-33(36-32-18-17-24-11-4-6-15-29(24)34(30)32)27-14-8-13-25(19-27)28-20-26-12-5-7-16-31(26)35-22-28/h1-26H;1-24H;1-22H. The number of nitrogens with zero attached hydrogens (tertiary/aromatic N) is 12. The lowest BCUT2D eigenvalue weighted by Gasteiger charge is -2.14. The Labute approximate surface area is 715 Å². The van der Waals surface area contributed by atoms with Crippen LogP contribution in [0.25, 0.3) is 222 Å². The van der Waals surface area contributed by atoms with Gasteiger partial charge >= 0.3 is 0 Å². The number of pyridine rings is 9. The van der Waals surface area contributed by atoms with Gasteiger partial charge in [0.15, 0.2) is 17.5 Å². The van der Waals surface area contributed by atoms with Gasteiger partial charge in [-0.05, 0) is 210 Å². The first-order chi connectivity index (χ1) is 61.4. The molecule has 0 aliphatic rings. The van der Waals surface area contributed by atoms with Crippen molar-refractivity contribution in [3.05, 3.63) is 438 Å². The summed E-state index contributed by atoms with van der Waals surface area (Å²) < 4.78 is 0. The second-order valence-electron chi connectivity index (χ2n) is 30.3. The number of hydrogen-bond donors (Lipinski definition) is 0. The third-order valence-corrected chi connectivity index (χ3v) is 22.5. The van der Waals surface area contributed by atoms with E-state index in [2.05, 4.69) is 328 Å². The lowest BCUT2D eigenvalue weighted by molar-refractivity contribution is 1.07. The first kappa shape index (κ1) is 74.6. The summed E-state index contributed by atoms with van der Waals surface area (Å²) in [6.07, 6.45) is 12.5. The molecular formula is C112H72N12. The average Bonchev–Trinajstić information content (AvgIpc) is 0.756. The molecule has 0 spiro atoms. The molecule has 0 aliphatic heterocycles. The Hall–Kier alpha value is -17.0. The summed E-state index contributed by atoms with van der Waals surface area (Å²) in [4.78, 5) is 57.2. The van der Waals surface area contributed by atoms with Crippen LogP contribution in [0.15, 0.2) is 438 Å². The molecule has 10 aromatic heterocycles. The molecule has 12 nitrogen and oxygen atoms in total. The molecular weight excluding hydrogens is 1510 g/mol. The van der Waals surface area contributed by atoms with E-state index in [1.807, 2.05) is 97.2 Å². The van der Waals surface area contributed by atoms with E-state index in [4.69, 9.17) is 34.9 Å². The van der Waals surface area contributed by atoms with Crippen molar-refractivity contribution < 1.29 is 0 Å². The number of para-hydroxylation sites is 1. The Kier molecular flexibility index (Phi) is 20.1. The highest BCUT2D eigenvalue weighted by Gasteiger charge is 2.21. The van der Waals surface area contributed by atoms with Crippen molar-refractivity contribution in [2.45, 2.75) is 0 Å². The quantitative estimate of drug-likeness (QED) is 0.101. The van der Waals surface area contributed by atoms with Crippen molar-refractivity contribution >= 4 is 75.9 Å². The zero-order chi connectivity index (χ0) is 82.5. The van der Waals surface area contributed by atoms with Crippen LogP contribution in [-0.2, 0) is 0 Å². The van der Waals surface area contributed by atoms with E-state index in [-0.39, 0.29) is 0 Å².